The van der Waals surface area contributed by atoms with Crippen LogP contribution in [0.1, 0.15) is 30.5 Å². The second-order valence-electron chi connectivity index (χ2n) is 14.4. The molecule has 0 unspecified atom stereocenters. The maximum Gasteiger partial charge on any atom is 0.188 e. The minimum absolute atomic E-state index is 0.176. The molecule has 1 aliphatic rings. The molecule has 242 valence electrons. The van der Waals surface area contributed by atoms with Gasteiger partial charge in [0.1, 0.15) is 11.2 Å². The maximum absolute atomic E-state index is 9.69. The lowest BCUT2D eigenvalue weighted by atomic mass is 9.81. The van der Waals surface area contributed by atoms with E-state index in [1.165, 1.54) is 44.1 Å². The fourth-order valence-corrected chi connectivity index (χ4v) is 9.04. The smallest absolute Gasteiger partial charge is 0.188 e. The number of hydrogen-bond acceptors (Lipinski definition) is 2. The molecule has 0 aliphatic heterocycles. The number of fused-ring (bicyclic) bond motifs is 13. The van der Waals surface area contributed by atoms with E-state index < -0.39 is 0 Å². The van der Waals surface area contributed by atoms with E-state index in [4.69, 9.17) is 11.0 Å². The van der Waals surface area contributed by atoms with Crippen molar-refractivity contribution in [1.29, 1.82) is 5.26 Å². The fraction of sp³-hybridized carbons (Fsp3) is 0.0638. The summed E-state index contributed by atoms with van der Waals surface area (Å²) < 4.78 is 11.1. The number of furan rings is 1. The lowest BCUT2D eigenvalue weighted by Gasteiger charge is -2.23. The average molecular weight is 665 g/mol. The quantitative estimate of drug-likeness (QED) is 0.173. The highest BCUT2D eigenvalue weighted by Crippen LogP contribution is 2.53. The normalized spacial score (nSPS) is 13.3. The number of benzene rings is 7. The van der Waals surface area contributed by atoms with Gasteiger partial charge in [-0.2, -0.15) is 5.26 Å². The number of nitriles is 1. The van der Waals surface area contributed by atoms with E-state index in [1.54, 1.807) is 0 Å². The Morgan fingerprint density at radius 1 is 0.596 bits per heavy atom. The predicted molar refractivity (Wildman–Crippen MR) is 211 cm³/mol. The van der Waals surface area contributed by atoms with Gasteiger partial charge in [-0.15, -0.1) is 0 Å². The summed E-state index contributed by atoms with van der Waals surface area (Å²) in [5.41, 5.74) is 14.4. The topological polar surface area (TPSA) is 51.1 Å². The van der Waals surface area contributed by atoms with Gasteiger partial charge in [-0.3, -0.25) is 0 Å². The molecule has 0 bridgehead atoms. The van der Waals surface area contributed by atoms with Gasteiger partial charge in [0, 0.05) is 43.7 Å². The van der Waals surface area contributed by atoms with Gasteiger partial charge in [0.25, 0.3) is 0 Å². The summed E-state index contributed by atoms with van der Waals surface area (Å²) in [7, 11) is 0. The Hall–Kier alpha value is -7.08. The van der Waals surface area contributed by atoms with Crippen LogP contribution in [-0.2, 0) is 5.41 Å². The van der Waals surface area contributed by atoms with Crippen LogP contribution in [0.25, 0.3) is 92.9 Å². The molecule has 1 aliphatic carbocycles. The monoisotopic (exact) mass is 664 g/mol. The third-order valence-corrected chi connectivity index (χ3v) is 11.3. The minimum Gasteiger partial charge on any atom is -0.456 e. The highest BCUT2D eigenvalue weighted by Gasteiger charge is 2.38. The Balaban J connectivity index is 1.18. The van der Waals surface area contributed by atoms with Crippen LogP contribution < -0.4 is 0 Å². The molecule has 0 fully saturated rings. The summed E-state index contributed by atoms with van der Waals surface area (Å²) in [6, 6.07) is 48.9. The lowest BCUT2D eigenvalue weighted by Crippen LogP contribution is -2.16. The number of rotatable bonds is 2. The third kappa shape index (κ3) is 3.64. The first-order valence-corrected chi connectivity index (χ1v) is 17.4. The van der Waals surface area contributed by atoms with Crippen LogP contribution in [0.2, 0.25) is 0 Å². The van der Waals surface area contributed by atoms with Crippen LogP contribution in [0.15, 0.2) is 138 Å². The average Bonchev–Trinajstić information content (AvgIpc) is 3.89. The van der Waals surface area contributed by atoms with E-state index in [9.17, 15) is 5.26 Å². The third-order valence-electron chi connectivity index (χ3n) is 11.3. The van der Waals surface area contributed by atoms with Crippen molar-refractivity contribution in [2.45, 2.75) is 19.3 Å². The molecule has 0 atom stereocenters. The van der Waals surface area contributed by atoms with Gasteiger partial charge in [-0.25, -0.2) is 4.85 Å². The Morgan fingerprint density at radius 3 is 2.04 bits per heavy atom. The summed E-state index contributed by atoms with van der Waals surface area (Å²) in [5, 5.41) is 16.1. The van der Waals surface area contributed by atoms with E-state index in [1.807, 2.05) is 42.5 Å². The van der Waals surface area contributed by atoms with E-state index in [0.29, 0.717) is 11.3 Å². The van der Waals surface area contributed by atoms with E-state index >= 15 is 0 Å². The van der Waals surface area contributed by atoms with Gasteiger partial charge in [0.2, 0.25) is 0 Å². The summed E-state index contributed by atoms with van der Waals surface area (Å²) in [6.07, 6.45) is 0. The molecule has 0 N–H and O–H groups in total. The van der Waals surface area contributed by atoms with Crippen molar-refractivity contribution in [1.82, 2.24) is 9.13 Å². The summed E-state index contributed by atoms with van der Waals surface area (Å²) in [4.78, 5) is 3.69. The Bertz CT molecular complexity index is 3230. The van der Waals surface area contributed by atoms with Crippen LogP contribution >= 0.6 is 0 Å². The molecule has 52 heavy (non-hydrogen) atoms. The Kier molecular flexibility index (Phi) is 5.53. The molecule has 10 aromatic rings. The molecule has 11 rings (SSSR count). The first-order chi connectivity index (χ1) is 25.4. The zero-order valence-corrected chi connectivity index (χ0v) is 28.4. The molecule has 7 aromatic carbocycles. The van der Waals surface area contributed by atoms with Gasteiger partial charge in [0.05, 0.1) is 40.3 Å². The maximum atomic E-state index is 9.69. The number of nitrogens with zero attached hydrogens (tertiary/aromatic N) is 4. The van der Waals surface area contributed by atoms with Gasteiger partial charge >= 0.3 is 0 Å². The van der Waals surface area contributed by atoms with Crippen molar-refractivity contribution in [3.63, 3.8) is 0 Å². The van der Waals surface area contributed by atoms with Crippen molar-refractivity contribution >= 4 is 71.2 Å². The van der Waals surface area contributed by atoms with Crippen LogP contribution in [0.3, 0.4) is 0 Å². The second kappa shape index (κ2) is 10.0. The van der Waals surface area contributed by atoms with Crippen LogP contribution in [0, 0.1) is 17.9 Å². The van der Waals surface area contributed by atoms with E-state index in [2.05, 4.69) is 125 Å². The largest absolute Gasteiger partial charge is 0.456 e. The van der Waals surface area contributed by atoms with Gasteiger partial charge < -0.3 is 13.6 Å². The van der Waals surface area contributed by atoms with Crippen molar-refractivity contribution in [3.8, 4) is 28.6 Å². The van der Waals surface area contributed by atoms with Crippen molar-refractivity contribution in [2.24, 2.45) is 0 Å². The second-order valence-corrected chi connectivity index (χ2v) is 14.4. The summed E-state index contributed by atoms with van der Waals surface area (Å²) in [6.45, 7) is 12.3. The standard InChI is InChI=1S/C47H28N4O/c1-47(2)39-10-6-4-8-31(39)33-16-17-34-32-9-5-7-11-40(32)51(46(34)45(33)47)30-15-21-44-38(25-30)37-24-29(14-20-43(37)52-44)50-41-18-12-27(26-48)22-35(41)36-23-28(49-3)13-19-42(36)50/h4-25H,1-2H3. The van der Waals surface area contributed by atoms with Gasteiger partial charge in [-0.05, 0) is 100 Å². The van der Waals surface area contributed by atoms with Gasteiger partial charge in [-0.1, -0.05) is 74.5 Å². The molecular weight excluding hydrogens is 637 g/mol. The number of aromatic nitrogens is 2. The molecule has 0 radical (unpaired) electrons. The molecule has 3 heterocycles. The number of para-hydroxylation sites is 1. The van der Waals surface area contributed by atoms with Gasteiger partial charge in [0.15, 0.2) is 5.69 Å². The van der Waals surface area contributed by atoms with Crippen LogP contribution in [0.4, 0.5) is 5.69 Å². The minimum atomic E-state index is -0.176. The molecule has 0 saturated carbocycles. The van der Waals surface area contributed by atoms with E-state index in [0.717, 1.165) is 55.1 Å². The summed E-state index contributed by atoms with van der Waals surface area (Å²) in [5.74, 6) is 0. The van der Waals surface area contributed by atoms with Crippen molar-refractivity contribution in [3.05, 3.63) is 162 Å². The molecule has 5 heteroatoms. The highest BCUT2D eigenvalue weighted by molar-refractivity contribution is 6.15. The SMILES string of the molecule is [C-]#[N+]c1ccc2c(c1)c1cc(C#N)ccc1n2-c1ccc2oc3ccc(-n4c5ccccc5c5ccc6c(c54)C(C)(C)c4ccccc4-6)cc3c2c1. The zero-order chi connectivity index (χ0) is 34.9. The van der Waals surface area contributed by atoms with Crippen molar-refractivity contribution < 1.29 is 4.42 Å². The molecule has 5 nitrogen and oxygen atoms in total. The molecule has 0 spiro atoms. The number of hydrogen-bond donors (Lipinski definition) is 0. The highest BCUT2D eigenvalue weighted by atomic mass is 16.3. The first kappa shape index (κ1) is 28.7. The fourth-order valence-electron chi connectivity index (χ4n) is 9.04. The van der Waals surface area contributed by atoms with Crippen LogP contribution in [-0.4, -0.2) is 9.13 Å². The molecule has 3 aromatic heterocycles. The Labute approximate surface area is 298 Å². The zero-order valence-electron chi connectivity index (χ0n) is 28.4. The summed E-state index contributed by atoms with van der Waals surface area (Å²) >= 11 is 0. The van der Waals surface area contributed by atoms with Crippen molar-refractivity contribution in [2.75, 3.05) is 0 Å². The predicted octanol–water partition coefficient (Wildman–Crippen LogP) is 12.5. The first-order valence-electron chi connectivity index (χ1n) is 17.4. The molecule has 0 saturated heterocycles. The molecule has 0 amide bonds. The van der Waals surface area contributed by atoms with E-state index in [-0.39, 0.29) is 5.41 Å². The lowest BCUT2D eigenvalue weighted by molar-refractivity contribution is 0.663. The van der Waals surface area contributed by atoms with Crippen LogP contribution in [0.5, 0.6) is 0 Å². The molecular formula is C47H28N4O. The Morgan fingerprint density at radius 2 is 1.27 bits per heavy atom.